The number of guanidine groups is 2. The van der Waals surface area contributed by atoms with Gasteiger partial charge in [-0.3, -0.25) is 19.6 Å². The number of aliphatic carboxylic acids is 1. The van der Waals surface area contributed by atoms with E-state index >= 15 is 0 Å². The molecule has 0 fully saturated rings. The zero-order valence-electron chi connectivity index (χ0n) is 19.6. The Kier molecular flexibility index (Phi) is 10.3. The Bertz CT molecular complexity index is 958. The van der Waals surface area contributed by atoms with Crippen LogP contribution in [-0.2, 0) is 27.3 Å². The second-order valence-electron chi connectivity index (χ2n) is 8.36. The first kappa shape index (κ1) is 27.4. The van der Waals surface area contributed by atoms with Crippen molar-refractivity contribution in [2.45, 2.75) is 56.8 Å². The molecular formula is C22H35N9O4. The predicted molar refractivity (Wildman–Crippen MR) is 132 cm³/mol. The summed E-state index contributed by atoms with van der Waals surface area (Å²) in [5, 5.41) is 12.1. The zero-order valence-corrected chi connectivity index (χ0v) is 19.6. The maximum absolute atomic E-state index is 13.2. The van der Waals surface area contributed by atoms with Gasteiger partial charge in [-0.25, -0.2) is 4.79 Å². The molecule has 1 aliphatic rings. The predicted octanol–water partition coefficient (Wildman–Crippen LogP) is -2.06. The summed E-state index contributed by atoms with van der Waals surface area (Å²) in [5.41, 5.74) is 29.2. The van der Waals surface area contributed by atoms with Crippen LogP contribution < -0.4 is 34.0 Å². The molecule has 0 saturated heterocycles. The Labute approximate surface area is 203 Å². The van der Waals surface area contributed by atoms with Gasteiger partial charge >= 0.3 is 5.97 Å². The Morgan fingerprint density at radius 1 is 1.00 bits per heavy atom. The lowest BCUT2D eigenvalue weighted by Crippen LogP contribution is -2.58. The first-order valence-corrected chi connectivity index (χ1v) is 11.4. The van der Waals surface area contributed by atoms with E-state index in [-0.39, 0.29) is 37.9 Å². The number of carbonyl (C=O) groups is 3. The van der Waals surface area contributed by atoms with Crippen molar-refractivity contribution in [2.24, 2.45) is 38.7 Å². The Morgan fingerprint density at radius 2 is 1.57 bits per heavy atom. The Morgan fingerprint density at radius 3 is 2.14 bits per heavy atom. The quantitative estimate of drug-likeness (QED) is 0.0968. The van der Waals surface area contributed by atoms with Gasteiger partial charge in [-0.1, -0.05) is 24.3 Å². The van der Waals surface area contributed by atoms with Gasteiger partial charge in [0.05, 0.1) is 6.04 Å². The number of carboxylic acid groups (broad SMARTS) is 1. The van der Waals surface area contributed by atoms with Gasteiger partial charge in [0.25, 0.3) is 0 Å². The smallest absolute Gasteiger partial charge is 0.326 e. The second kappa shape index (κ2) is 13.1. The molecule has 0 unspecified atom stereocenters. The summed E-state index contributed by atoms with van der Waals surface area (Å²) in [6.45, 7) is 0.755. The van der Waals surface area contributed by atoms with Crippen LogP contribution in [0.5, 0.6) is 0 Å². The van der Waals surface area contributed by atoms with Crippen molar-refractivity contribution in [1.29, 1.82) is 0 Å². The third-order valence-electron chi connectivity index (χ3n) is 5.68. The van der Waals surface area contributed by atoms with Crippen LogP contribution in [0.1, 0.15) is 36.8 Å². The van der Waals surface area contributed by atoms with Gasteiger partial charge in [0.2, 0.25) is 11.8 Å². The highest BCUT2D eigenvalue weighted by atomic mass is 16.4. The summed E-state index contributed by atoms with van der Waals surface area (Å²) in [4.78, 5) is 47.3. The molecule has 13 nitrogen and oxygen atoms in total. The molecule has 1 aromatic carbocycles. The van der Waals surface area contributed by atoms with Crippen molar-refractivity contribution in [3.8, 4) is 0 Å². The van der Waals surface area contributed by atoms with Crippen LogP contribution in [0.3, 0.4) is 0 Å². The fourth-order valence-corrected chi connectivity index (χ4v) is 3.87. The molecular weight excluding hydrogens is 454 g/mol. The lowest BCUT2D eigenvalue weighted by molar-refractivity contribution is -0.146. The molecule has 0 spiro atoms. The number of nitrogens with two attached hydrogens (primary N) is 5. The fraction of sp³-hybridized carbons (Fsp3) is 0.500. The number of nitrogens with one attached hydrogen (secondary N) is 1. The molecule has 3 atom stereocenters. The number of nitrogens with zero attached hydrogens (tertiary/aromatic N) is 3. The molecule has 0 bridgehead atoms. The Balaban J connectivity index is 2.14. The average Bonchev–Trinajstić information content (AvgIpc) is 2.81. The van der Waals surface area contributed by atoms with Crippen molar-refractivity contribution >= 4 is 29.7 Å². The largest absolute Gasteiger partial charge is 0.480 e. The highest BCUT2D eigenvalue weighted by Gasteiger charge is 2.37. The third kappa shape index (κ3) is 8.45. The number of carboxylic acids is 1. The van der Waals surface area contributed by atoms with Gasteiger partial charge in [-0.15, -0.1) is 0 Å². The van der Waals surface area contributed by atoms with Crippen LogP contribution >= 0.6 is 0 Å². The SMILES string of the molecule is NC(N)=NCCC[C@H](NC(=O)[C@@H]1Cc2ccccc2CN1C(=O)[C@@H](N)CCCN=C(N)N)C(=O)O. The third-order valence-corrected chi connectivity index (χ3v) is 5.68. The fourth-order valence-electron chi connectivity index (χ4n) is 3.87. The molecule has 13 heteroatoms. The minimum atomic E-state index is -1.19. The standard InChI is InChI=1S/C22H35N9O4/c23-15(7-3-9-28-21(24)25)19(33)31-12-14-6-2-1-5-13(14)11-17(31)18(32)30-16(20(34)35)8-4-10-29-22(26)27/h1-2,5-6,15-17H,3-4,7-12,23H2,(H,30,32)(H,34,35)(H4,24,25,28)(H4,26,27,29)/t15-,16-,17-/m0/s1. The van der Waals surface area contributed by atoms with Crippen molar-refractivity contribution in [2.75, 3.05) is 13.1 Å². The highest BCUT2D eigenvalue weighted by Crippen LogP contribution is 2.25. The first-order chi connectivity index (χ1) is 16.6. The van der Waals surface area contributed by atoms with E-state index < -0.39 is 35.9 Å². The summed E-state index contributed by atoms with van der Waals surface area (Å²) in [6.07, 6.45) is 1.54. The highest BCUT2D eigenvalue weighted by molar-refractivity contribution is 5.92. The van der Waals surface area contributed by atoms with E-state index in [1.54, 1.807) is 0 Å². The molecule has 1 aliphatic heterocycles. The molecule has 0 aliphatic carbocycles. The maximum Gasteiger partial charge on any atom is 0.326 e. The van der Waals surface area contributed by atoms with E-state index in [0.29, 0.717) is 25.8 Å². The van der Waals surface area contributed by atoms with Crippen LogP contribution in [-0.4, -0.2) is 70.9 Å². The van der Waals surface area contributed by atoms with Gasteiger partial charge in [-0.2, -0.15) is 0 Å². The molecule has 1 aromatic rings. The molecule has 2 rings (SSSR count). The van der Waals surface area contributed by atoms with E-state index in [1.807, 2.05) is 24.3 Å². The molecule has 1 heterocycles. The normalized spacial score (nSPS) is 16.4. The molecule has 12 N–H and O–H groups in total. The van der Waals surface area contributed by atoms with E-state index in [0.717, 1.165) is 11.1 Å². The molecule has 0 saturated carbocycles. The molecule has 35 heavy (non-hydrogen) atoms. The van der Waals surface area contributed by atoms with Gasteiger partial charge in [0, 0.05) is 26.1 Å². The van der Waals surface area contributed by atoms with Gasteiger partial charge in [-0.05, 0) is 36.8 Å². The monoisotopic (exact) mass is 489 g/mol. The van der Waals surface area contributed by atoms with Crippen LogP contribution in [0.2, 0.25) is 0 Å². The van der Waals surface area contributed by atoms with Gasteiger partial charge in [0.15, 0.2) is 11.9 Å². The lowest BCUT2D eigenvalue weighted by Gasteiger charge is -2.37. The number of rotatable bonds is 12. The van der Waals surface area contributed by atoms with E-state index in [4.69, 9.17) is 28.7 Å². The summed E-state index contributed by atoms with van der Waals surface area (Å²) < 4.78 is 0. The van der Waals surface area contributed by atoms with Gasteiger partial charge in [0.1, 0.15) is 12.1 Å². The van der Waals surface area contributed by atoms with E-state index in [9.17, 15) is 19.5 Å². The van der Waals surface area contributed by atoms with Crippen molar-refractivity contribution < 1.29 is 19.5 Å². The number of hydrogen-bond acceptors (Lipinski definition) is 6. The minimum absolute atomic E-state index is 0.0412. The minimum Gasteiger partial charge on any atom is -0.480 e. The number of aliphatic imine (C=N–C) groups is 2. The molecule has 0 radical (unpaired) electrons. The van der Waals surface area contributed by atoms with Crippen LogP contribution in [0.4, 0.5) is 0 Å². The van der Waals surface area contributed by atoms with Crippen LogP contribution in [0, 0.1) is 0 Å². The first-order valence-electron chi connectivity index (χ1n) is 11.4. The number of hydrogen-bond donors (Lipinski definition) is 7. The molecule has 192 valence electrons. The van der Waals surface area contributed by atoms with Crippen molar-refractivity contribution in [3.05, 3.63) is 35.4 Å². The second-order valence-corrected chi connectivity index (χ2v) is 8.36. The summed E-state index contributed by atoms with van der Waals surface area (Å²) in [6, 6.07) is 4.56. The number of fused-ring (bicyclic) bond motifs is 1. The molecule has 2 amide bonds. The van der Waals surface area contributed by atoms with E-state index in [2.05, 4.69) is 15.3 Å². The summed E-state index contributed by atoms with van der Waals surface area (Å²) >= 11 is 0. The Hall–Kier alpha value is -3.87. The number of carbonyl (C=O) groups excluding carboxylic acids is 2. The summed E-state index contributed by atoms with van der Waals surface area (Å²) in [7, 11) is 0. The van der Waals surface area contributed by atoms with Crippen LogP contribution in [0.15, 0.2) is 34.3 Å². The van der Waals surface area contributed by atoms with Crippen molar-refractivity contribution in [3.63, 3.8) is 0 Å². The average molecular weight is 490 g/mol. The summed E-state index contributed by atoms with van der Waals surface area (Å²) in [5.74, 6) is -2.28. The molecule has 0 aromatic heterocycles. The maximum atomic E-state index is 13.2. The van der Waals surface area contributed by atoms with E-state index in [1.165, 1.54) is 4.90 Å². The van der Waals surface area contributed by atoms with Gasteiger partial charge < -0.3 is 44.0 Å². The number of benzene rings is 1. The topological polar surface area (TPSA) is 242 Å². The van der Waals surface area contributed by atoms with Crippen LogP contribution in [0.25, 0.3) is 0 Å². The van der Waals surface area contributed by atoms with Crippen molar-refractivity contribution in [1.82, 2.24) is 10.2 Å². The number of amides is 2. The zero-order chi connectivity index (χ0) is 26.0. The lowest BCUT2D eigenvalue weighted by atomic mass is 9.92.